The topological polar surface area (TPSA) is 84.0 Å². The summed E-state index contributed by atoms with van der Waals surface area (Å²) < 4.78 is 33.1. The molecule has 8 heteroatoms. The molecule has 0 saturated carbocycles. The Kier molecular flexibility index (Phi) is 5.83. The third-order valence-electron chi connectivity index (χ3n) is 6.26. The molecule has 0 atom stereocenters. The summed E-state index contributed by atoms with van der Waals surface area (Å²) in [6.45, 7) is 0.588. The molecule has 34 heavy (non-hydrogen) atoms. The van der Waals surface area contributed by atoms with Crippen LogP contribution in [0.1, 0.15) is 27.9 Å². The predicted molar refractivity (Wildman–Crippen MR) is 129 cm³/mol. The molecule has 0 saturated heterocycles. The minimum atomic E-state index is -3.76. The molecule has 0 bridgehead atoms. The largest absolute Gasteiger partial charge is 0.452 e. The molecule has 2 heterocycles. The zero-order chi connectivity index (χ0) is 23.7. The number of para-hydroxylation sites is 2. The van der Waals surface area contributed by atoms with E-state index in [9.17, 15) is 18.0 Å². The lowest BCUT2D eigenvalue weighted by atomic mass is 10.0. The van der Waals surface area contributed by atoms with Crippen molar-refractivity contribution in [3.63, 3.8) is 0 Å². The summed E-state index contributed by atoms with van der Waals surface area (Å²) in [6, 6.07) is 20.8. The number of fused-ring (bicyclic) bond motifs is 2. The molecule has 0 radical (unpaired) electrons. The molecule has 3 aromatic carbocycles. The second-order valence-electron chi connectivity index (χ2n) is 8.33. The van der Waals surface area contributed by atoms with E-state index in [1.807, 2.05) is 48.5 Å². The van der Waals surface area contributed by atoms with E-state index in [4.69, 9.17) is 4.74 Å². The third-order valence-corrected chi connectivity index (χ3v) is 8.09. The van der Waals surface area contributed by atoms with E-state index in [0.29, 0.717) is 18.8 Å². The number of anilines is 2. The molecule has 0 aliphatic carbocycles. The Labute approximate surface area is 198 Å². The zero-order valence-corrected chi connectivity index (χ0v) is 19.3. The average molecular weight is 477 g/mol. The number of carbonyl (C=O) groups excluding carboxylic acids is 2. The second-order valence-corrected chi connectivity index (χ2v) is 10.2. The maximum Gasteiger partial charge on any atom is 0.338 e. The number of ether oxygens (including phenoxy) is 1. The Morgan fingerprint density at radius 3 is 2.18 bits per heavy atom. The smallest absolute Gasteiger partial charge is 0.338 e. The summed E-state index contributed by atoms with van der Waals surface area (Å²) in [6.07, 6.45) is 2.36. The van der Waals surface area contributed by atoms with E-state index in [1.54, 1.807) is 4.90 Å². The summed E-state index contributed by atoms with van der Waals surface area (Å²) in [5.41, 5.74) is 3.82. The van der Waals surface area contributed by atoms with Gasteiger partial charge < -0.3 is 9.64 Å². The van der Waals surface area contributed by atoms with Crippen molar-refractivity contribution in [2.45, 2.75) is 24.2 Å². The molecule has 0 N–H and O–H groups in total. The molecule has 2 aliphatic heterocycles. The molecule has 5 rings (SSSR count). The van der Waals surface area contributed by atoms with Crippen molar-refractivity contribution < 1.29 is 22.7 Å². The Hall–Kier alpha value is -3.65. The fraction of sp³-hybridized carbons (Fsp3) is 0.231. The Balaban J connectivity index is 1.26. The van der Waals surface area contributed by atoms with Crippen LogP contribution < -0.4 is 9.21 Å². The van der Waals surface area contributed by atoms with Gasteiger partial charge in [0.1, 0.15) is 0 Å². The summed E-state index contributed by atoms with van der Waals surface area (Å²) >= 11 is 0. The highest BCUT2D eigenvalue weighted by Crippen LogP contribution is 2.32. The number of carbonyl (C=O) groups is 2. The van der Waals surface area contributed by atoms with Crippen LogP contribution in [0.25, 0.3) is 0 Å². The fourth-order valence-corrected chi connectivity index (χ4v) is 6.07. The Morgan fingerprint density at radius 2 is 1.44 bits per heavy atom. The van der Waals surface area contributed by atoms with E-state index in [1.165, 1.54) is 28.6 Å². The van der Waals surface area contributed by atoms with Crippen molar-refractivity contribution >= 4 is 33.3 Å². The van der Waals surface area contributed by atoms with Gasteiger partial charge in [0.2, 0.25) is 0 Å². The van der Waals surface area contributed by atoms with Gasteiger partial charge in [-0.25, -0.2) is 13.2 Å². The second kappa shape index (κ2) is 8.95. The summed E-state index contributed by atoms with van der Waals surface area (Å²) in [5.74, 6) is -0.964. The van der Waals surface area contributed by atoms with Crippen LogP contribution in [0, 0.1) is 0 Å². The van der Waals surface area contributed by atoms with Crippen LogP contribution in [-0.2, 0) is 32.4 Å². The van der Waals surface area contributed by atoms with Crippen molar-refractivity contribution in [1.82, 2.24) is 0 Å². The molecule has 0 spiro atoms. The summed E-state index contributed by atoms with van der Waals surface area (Å²) in [4.78, 5) is 26.8. The number of nitrogens with zero attached hydrogens (tertiary/aromatic N) is 2. The first-order valence-corrected chi connectivity index (χ1v) is 12.7. The van der Waals surface area contributed by atoms with Gasteiger partial charge in [-0.1, -0.05) is 36.4 Å². The van der Waals surface area contributed by atoms with E-state index in [0.717, 1.165) is 36.1 Å². The van der Waals surface area contributed by atoms with Crippen LogP contribution >= 0.6 is 0 Å². The fourth-order valence-electron chi connectivity index (χ4n) is 4.52. The normalized spacial score (nSPS) is 14.9. The maximum absolute atomic E-state index is 13.3. The summed E-state index contributed by atoms with van der Waals surface area (Å²) in [7, 11) is -3.76. The van der Waals surface area contributed by atoms with Crippen molar-refractivity contribution in [1.29, 1.82) is 0 Å². The van der Waals surface area contributed by atoms with Crippen molar-refractivity contribution in [3.8, 4) is 0 Å². The Bertz CT molecular complexity index is 1350. The highest BCUT2D eigenvalue weighted by Gasteiger charge is 2.29. The van der Waals surface area contributed by atoms with Crippen LogP contribution in [0.15, 0.2) is 77.7 Å². The number of aryl methyl sites for hydroxylation is 1. The number of rotatable bonds is 5. The number of hydrogen-bond donors (Lipinski definition) is 0. The molecule has 0 fully saturated rings. The van der Waals surface area contributed by atoms with Gasteiger partial charge >= 0.3 is 5.97 Å². The van der Waals surface area contributed by atoms with Crippen LogP contribution in [0.3, 0.4) is 0 Å². The molecule has 3 aromatic rings. The van der Waals surface area contributed by atoms with E-state index in [2.05, 4.69) is 0 Å². The minimum absolute atomic E-state index is 0.102. The first-order valence-electron chi connectivity index (χ1n) is 11.2. The maximum atomic E-state index is 13.3. The first-order chi connectivity index (χ1) is 16.4. The highest BCUT2D eigenvalue weighted by atomic mass is 32.2. The van der Waals surface area contributed by atoms with Gasteiger partial charge in [-0.05, 0) is 66.8 Å². The zero-order valence-electron chi connectivity index (χ0n) is 18.5. The van der Waals surface area contributed by atoms with Crippen molar-refractivity contribution in [2.75, 3.05) is 28.9 Å². The van der Waals surface area contributed by atoms with Gasteiger partial charge in [0.25, 0.3) is 15.9 Å². The quantitative estimate of drug-likeness (QED) is 0.526. The van der Waals surface area contributed by atoms with Crippen LogP contribution in [0.5, 0.6) is 0 Å². The number of amides is 1. The standard InChI is InChI=1S/C26H24N2O5S/c29-25(27-17-15-20-7-1-3-9-23(20)27)18-33-26(30)21-11-13-22(14-12-21)34(31,32)28-16-5-8-19-6-2-4-10-24(19)28/h1-4,6-7,9-14H,5,8,15-18H2. The molecule has 7 nitrogen and oxygen atoms in total. The van der Waals surface area contributed by atoms with Crippen LogP contribution in [0.2, 0.25) is 0 Å². The molecule has 174 valence electrons. The first kappa shape index (κ1) is 22.2. The molecule has 0 aromatic heterocycles. The number of esters is 1. The van der Waals surface area contributed by atoms with Crippen LogP contribution in [0.4, 0.5) is 11.4 Å². The number of benzene rings is 3. The molecular formula is C26H24N2O5S. The minimum Gasteiger partial charge on any atom is -0.452 e. The van der Waals surface area contributed by atoms with E-state index < -0.39 is 16.0 Å². The van der Waals surface area contributed by atoms with Gasteiger partial charge in [-0.15, -0.1) is 0 Å². The number of sulfonamides is 1. The molecular weight excluding hydrogens is 452 g/mol. The van der Waals surface area contributed by atoms with Crippen LogP contribution in [-0.4, -0.2) is 40.0 Å². The number of hydrogen-bond acceptors (Lipinski definition) is 5. The van der Waals surface area contributed by atoms with Crippen molar-refractivity contribution in [2.24, 2.45) is 0 Å². The molecule has 0 unspecified atom stereocenters. The lowest BCUT2D eigenvalue weighted by Gasteiger charge is -2.30. The lowest BCUT2D eigenvalue weighted by Crippen LogP contribution is -2.35. The van der Waals surface area contributed by atoms with Gasteiger partial charge in [0.15, 0.2) is 6.61 Å². The SMILES string of the molecule is O=C(OCC(=O)N1CCc2ccccc21)c1ccc(S(=O)(=O)N2CCCc3ccccc32)cc1. The molecule has 2 aliphatic rings. The van der Waals surface area contributed by atoms with Crippen molar-refractivity contribution in [3.05, 3.63) is 89.5 Å². The van der Waals surface area contributed by atoms with Gasteiger partial charge in [-0.2, -0.15) is 0 Å². The Morgan fingerprint density at radius 1 is 0.794 bits per heavy atom. The van der Waals surface area contributed by atoms with Gasteiger partial charge in [0.05, 0.1) is 16.1 Å². The van der Waals surface area contributed by atoms with Gasteiger partial charge in [0, 0.05) is 18.8 Å². The average Bonchev–Trinajstić information content (AvgIpc) is 3.31. The monoisotopic (exact) mass is 476 g/mol. The van der Waals surface area contributed by atoms with E-state index >= 15 is 0 Å². The third kappa shape index (κ3) is 4.05. The highest BCUT2D eigenvalue weighted by molar-refractivity contribution is 7.92. The predicted octanol–water partition coefficient (Wildman–Crippen LogP) is 3.57. The van der Waals surface area contributed by atoms with E-state index in [-0.39, 0.29) is 23.0 Å². The molecule has 1 amide bonds. The summed E-state index contributed by atoms with van der Waals surface area (Å²) in [5, 5.41) is 0. The van der Waals surface area contributed by atoms with Gasteiger partial charge in [-0.3, -0.25) is 9.10 Å². The lowest BCUT2D eigenvalue weighted by molar-refractivity contribution is -0.121.